The highest BCUT2D eigenvalue weighted by atomic mass is 15.1. The van der Waals surface area contributed by atoms with Crippen LogP contribution in [0.2, 0.25) is 0 Å². The average molecular weight is 703 g/mol. The number of hydrogen-bond donors (Lipinski definition) is 0. The van der Waals surface area contributed by atoms with Crippen LogP contribution in [0.1, 0.15) is 58.4 Å². The van der Waals surface area contributed by atoms with Crippen molar-refractivity contribution in [2.24, 2.45) is 0 Å². The first-order chi connectivity index (χ1) is 26.4. The van der Waals surface area contributed by atoms with E-state index < -0.39 is 0 Å². The highest BCUT2D eigenvalue weighted by Crippen LogP contribution is 2.37. The third kappa shape index (κ3) is 9.53. The molecule has 0 spiro atoms. The lowest BCUT2D eigenvalue weighted by Gasteiger charge is -2.26. The summed E-state index contributed by atoms with van der Waals surface area (Å²) in [5.41, 5.74) is 16.5. The molecular weight excluding hydrogens is 653 g/mol. The van der Waals surface area contributed by atoms with Crippen LogP contribution in [0.4, 0.5) is 34.1 Å². The van der Waals surface area contributed by atoms with Gasteiger partial charge in [0.15, 0.2) is 0 Å². The van der Waals surface area contributed by atoms with Crippen molar-refractivity contribution in [2.45, 2.75) is 41.5 Å². The summed E-state index contributed by atoms with van der Waals surface area (Å²) in [7, 11) is 0. The van der Waals surface area contributed by atoms with E-state index in [4.69, 9.17) is 0 Å². The summed E-state index contributed by atoms with van der Waals surface area (Å²) in [6, 6.07) is 60.9. The van der Waals surface area contributed by atoms with Crippen LogP contribution in [0.25, 0.3) is 24.3 Å². The first-order valence-corrected chi connectivity index (χ1v) is 18.9. The molecule has 0 aliphatic rings. The molecule has 0 saturated heterocycles. The molecule has 268 valence electrons. The van der Waals surface area contributed by atoms with Crippen LogP contribution in [0.5, 0.6) is 0 Å². The summed E-state index contributed by atoms with van der Waals surface area (Å²) in [6.07, 6.45) is 8.70. The van der Waals surface area contributed by atoms with Gasteiger partial charge >= 0.3 is 0 Å². The molecule has 0 radical (unpaired) electrons. The fraction of sp³-hybridized carbons (Fsp3) is 0.115. The molecule has 0 unspecified atom stereocenters. The molecule has 0 saturated carbocycles. The van der Waals surface area contributed by atoms with E-state index in [1.165, 1.54) is 33.4 Å². The molecule has 2 nitrogen and oxygen atoms in total. The smallest absolute Gasteiger partial charge is 0.0464 e. The Hall–Kier alpha value is -6.38. The topological polar surface area (TPSA) is 6.48 Å². The van der Waals surface area contributed by atoms with Crippen molar-refractivity contribution < 1.29 is 0 Å². The molecule has 7 rings (SSSR count). The zero-order chi connectivity index (χ0) is 37.9. The molecule has 0 aliphatic carbocycles. The van der Waals surface area contributed by atoms with E-state index in [1.807, 2.05) is 13.8 Å². The number of benzene rings is 7. The van der Waals surface area contributed by atoms with E-state index in [9.17, 15) is 0 Å². The predicted molar refractivity (Wildman–Crippen MR) is 237 cm³/mol. The fourth-order valence-electron chi connectivity index (χ4n) is 6.53. The normalized spacial score (nSPS) is 11.0. The number of hydrogen-bond acceptors (Lipinski definition) is 2. The van der Waals surface area contributed by atoms with Gasteiger partial charge in [0.1, 0.15) is 0 Å². The molecule has 0 amide bonds. The molecule has 0 heterocycles. The Labute approximate surface area is 323 Å². The Balaban J connectivity index is 0.00000245. The summed E-state index contributed by atoms with van der Waals surface area (Å²) in [5.74, 6) is 0. The van der Waals surface area contributed by atoms with Crippen LogP contribution in [0.3, 0.4) is 0 Å². The number of aryl methyl sites for hydroxylation is 4. The van der Waals surface area contributed by atoms with Crippen LogP contribution >= 0.6 is 0 Å². The van der Waals surface area contributed by atoms with Crippen LogP contribution in [0, 0.1) is 27.7 Å². The van der Waals surface area contributed by atoms with Crippen molar-refractivity contribution in [1.82, 2.24) is 0 Å². The van der Waals surface area contributed by atoms with Gasteiger partial charge < -0.3 is 9.80 Å². The van der Waals surface area contributed by atoms with E-state index in [1.54, 1.807) is 0 Å². The lowest BCUT2D eigenvalue weighted by atomic mass is 10.1. The quantitative estimate of drug-likeness (QED) is 0.131. The lowest BCUT2D eigenvalue weighted by molar-refractivity contribution is 1.26. The number of rotatable bonds is 10. The first kappa shape index (κ1) is 37.4. The summed E-state index contributed by atoms with van der Waals surface area (Å²) in [4.78, 5) is 4.64. The minimum absolute atomic E-state index is 1.13. The third-order valence-electron chi connectivity index (χ3n) is 9.21. The molecule has 0 atom stereocenters. The summed E-state index contributed by atoms with van der Waals surface area (Å²) in [6.45, 7) is 12.6. The second kappa shape index (κ2) is 17.9. The first-order valence-electron chi connectivity index (χ1n) is 18.9. The van der Waals surface area contributed by atoms with Crippen LogP contribution in [-0.2, 0) is 0 Å². The Morgan fingerprint density at radius 1 is 0.278 bits per heavy atom. The van der Waals surface area contributed by atoms with E-state index in [2.05, 4.69) is 232 Å². The molecular formula is C52H50N2. The van der Waals surface area contributed by atoms with Crippen LogP contribution < -0.4 is 9.80 Å². The van der Waals surface area contributed by atoms with Crippen molar-refractivity contribution in [2.75, 3.05) is 9.80 Å². The van der Waals surface area contributed by atoms with Gasteiger partial charge in [-0.05, 0) is 145 Å². The Morgan fingerprint density at radius 2 is 0.500 bits per heavy atom. The van der Waals surface area contributed by atoms with E-state index in [0.29, 0.717) is 0 Å². The van der Waals surface area contributed by atoms with Crippen LogP contribution in [-0.4, -0.2) is 0 Å². The fourth-order valence-corrected chi connectivity index (χ4v) is 6.53. The minimum atomic E-state index is 1.13. The molecule has 7 aromatic rings. The zero-order valence-electron chi connectivity index (χ0n) is 32.4. The van der Waals surface area contributed by atoms with Crippen molar-refractivity contribution in [3.8, 4) is 0 Å². The summed E-state index contributed by atoms with van der Waals surface area (Å²) < 4.78 is 0. The van der Waals surface area contributed by atoms with Gasteiger partial charge in [0.25, 0.3) is 0 Å². The lowest BCUT2D eigenvalue weighted by Crippen LogP contribution is -2.10. The monoisotopic (exact) mass is 702 g/mol. The van der Waals surface area contributed by atoms with Gasteiger partial charge in [0.2, 0.25) is 0 Å². The second-order valence-electron chi connectivity index (χ2n) is 13.5. The summed E-state index contributed by atoms with van der Waals surface area (Å²) in [5, 5.41) is 0. The zero-order valence-corrected chi connectivity index (χ0v) is 32.4. The highest BCUT2D eigenvalue weighted by Gasteiger charge is 2.14. The Bertz CT molecular complexity index is 2070. The maximum absolute atomic E-state index is 2.32. The highest BCUT2D eigenvalue weighted by molar-refractivity contribution is 5.80. The molecule has 2 heteroatoms. The molecule has 0 aliphatic heterocycles. The standard InChI is InChI=1S/C50H44N2.C2H6/c1-37-9-5-13-47(33-37)51(48-14-6-10-38(2)34-48)45-29-25-43(26-30-45)23-21-41-17-19-42(20-18-41)22-24-44-27-31-46(32-28-44)52(49-15-7-11-39(3)35-49)50-16-8-12-40(4)36-50;1-2/h5-36H,1-4H3;1-2H3/b23-21+,24-22+;. The molecule has 0 aromatic heterocycles. The van der Waals surface area contributed by atoms with Gasteiger partial charge in [0, 0.05) is 34.1 Å². The second-order valence-corrected chi connectivity index (χ2v) is 13.5. The van der Waals surface area contributed by atoms with E-state index >= 15 is 0 Å². The molecule has 0 bridgehead atoms. The molecule has 54 heavy (non-hydrogen) atoms. The van der Waals surface area contributed by atoms with Gasteiger partial charge in [-0.3, -0.25) is 0 Å². The Kier molecular flexibility index (Phi) is 12.4. The van der Waals surface area contributed by atoms with Gasteiger partial charge in [-0.1, -0.05) is 135 Å². The van der Waals surface area contributed by atoms with Gasteiger partial charge in [0.05, 0.1) is 0 Å². The van der Waals surface area contributed by atoms with Gasteiger partial charge in [-0.2, -0.15) is 0 Å². The Morgan fingerprint density at radius 3 is 0.722 bits per heavy atom. The predicted octanol–water partition coefficient (Wildman–Crippen LogP) is 15.2. The third-order valence-corrected chi connectivity index (χ3v) is 9.21. The maximum atomic E-state index is 2.32. The van der Waals surface area contributed by atoms with Gasteiger partial charge in [-0.25, -0.2) is 0 Å². The molecule has 0 N–H and O–H groups in total. The van der Waals surface area contributed by atoms with Crippen LogP contribution in [0.15, 0.2) is 170 Å². The molecule has 7 aromatic carbocycles. The average Bonchev–Trinajstić information content (AvgIpc) is 3.19. The summed E-state index contributed by atoms with van der Waals surface area (Å²) >= 11 is 0. The SMILES string of the molecule is CC.Cc1cccc(N(c2ccc(/C=C/c3ccc(/C=C/c4ccc(N(c5cccc(C)c5)c5cccc(C)c5)cc4)cc3)cc2)c2cccc(C)c2)c1. The van der Waals surface area contributed by atoms with Crippen molar-refractivity contribution >= 4 is 58.4 Å². The van der Waals surface area contributed by atoms with E-state index in [0.717, 1.165) is 45.3 Å². The van der Waals surface area contributed by atoms with Gasteiger partial charge in [-0.15, -0.1) is 0 Å². The van der Waals surface area contributed by atoms with E-state index in [-0.39, 0.29) is 0 Å². The minimum Gasteiger partial charge on any atom is -0.310 e. The maximum Gasteiger partial charge on any atom is 0.0464 e. The number of anilines is 6. The van der Waals surface area contributed by atoms with Crippen molar-refractivity contribution in [3.05, 3.63) is 214 Å². The largest absolute Gasteiger partial charge is 0.310 e. The van der Waals surface area contributed by atoms with Crippen molar-refractivity contribution in [1.29, 1.82) is 0 Å². The van der Waals surface area contributed by atoms with Crippen molar-refractivity contribution in [3.63, 3.8) is 0 Å². The number of nitrogens with zero attached hydrogens (tertiary/aromatic N) is 2. The molecule has 0 fully saturated rings.